The van der Waals surface area contributed by atoms with Gasteiger partial charge in [0.15, 0.2) is 0 Å². The lowest BCUT2D eigenvalue weighted by atomic mass is 9.91. The van der Waals surface area contributed by atoms with Crippen LogP contribution in [0.1, 0.15) is 23.2 Å². The molecule has 2 aromatic rings. The van der Waals surface area contributed by atoms with Crippen LogP contribution in [0.15, 0.2) is 60.7 Å². The van der Waals surface area contributed by atoms with Crippen molar-refractivity contribution in [3.8, 4) is 0 Å². The third kappa shape index (κ3) is 2.28. The SMILES string of the molecule is O=C1NC(c2ccccc2)C(c2ccccc2)NC1=O. The van der Waals surface area contributed by atoms with Crippen molar-refractivity contribution in [3.63, 3.8) is 0 Å². The summed E-state index contributed by atoms with van der Waals surface area (Å²) in [6.07, 6.45) is 0. The van der Waals surface area contributed by atoms with E-state index < -0.39 is 11.8 Å². The summed E-state index contributed by atoms with van der Waals surface area (Å²) >= 11 is 0. The molecule has 2 amide bonds. The van der Waals surface area contributed by atoms with E-state index in [9.17, 15) is 9.59 Å². The van der Waals surface area contributed by atoms with E-state index in [2.05, 4.69) is 10.6 Å². The lowest BCUT2D eigenvalue weighted by Gasteiger charge is -2.33. The highest BCUT2D eigenvalue weighted by Gasteiger charge is 2.35. The van der Waals surface area contributed by atoms with Crippen LogP contribution >= 0.6 is 0 Å². The molecule has 1 aliphatic heterocycles. The van der Waals surface area contributed by atoms with Gasteiger partial charge in [0.25, 0.3) is 0 Å². The maximum Gasteiger partial charge on any atom is 0.309 e. The summed E-state index contributed by atoms with van der Waals surface area (Å²) < 4.78 is 0. The van der Waals surface area contributed by atoms with E-state index in [0.717, 1.165) is 11.1 Å². The van der Waals surface area contributed by atoms with Gasteiger partial charge < -0.3 is 10.6 Å². The molecule has 0 saturated carbocycles. The molecule has 2 aromatic carbocycles. The fourth-order valence-corrected chi connectivity index (χ4v) is 2.45. The Morgan fingerprint density at radius 1 is 0.600 bits per heavy atom. The Hall–Kier alpha value is -2.62. The molecule has 0 spiro atoms. The van der Waals surface area contributed by atoms with Gasteiger partial charge in [-0.1, -0.05) is 60.7 Å². The van der Waals surface area contributed by atoms with E-state index in [1.54, 1.807) is 0 Å². The number of amides is 2. The van der Waals surface area contributed by atoms with Crippen molar-refractivity contribution in [2.45, 2.75) is 12.1 Å². The fourth-order valence-electron chi connectivity index (χ4n) is 2.45. The summed E-state index contributed by atoms with van der Waals surface area (Å²) in [5.74, 6) is -1.18. The third-order valence-corrected chi connectivity index (χ3v) is 3.43. The summed E-state index contributed by atoms with van der Waals surface area (Å²) in [6.45, 7) is 0. The van der Waals surface area contributed by atoms with E-state index in [1.165, 1.54) is 0 Å². The first kappa shape index (κ1) is 12.4. The van der Waals surface area contributed by atoms with Crippen LogP contribution < -0.4 is 10.6 Å². The highest BCUT2D eigenvalue weighted by atomic mass is 16.2. The average molecular weight is 266 g/mol. The zero-order valence-corrected chi connectivity index (χ0v) is 10.7. The Labute approximate surface area is 116 Å². The molecule has 20 heavy (non-hydrogen) atoms. The number of carbonyl (C=O) groups is 2. The summed E-state index contributed by atoms with van der Waals surface area (Å²) in [5.41, 5.74) is 1.93. The molecule has 1 heterocycles. The first-order valence-corrected chi connectivity index (χ1v) is 6.47. The molecule has 2 unspecified atom stereocenters. The number of hydrogen-bond donors (Lipinski definition) is 2. The van der Waals surface area contributed by atoms with Gasteiger partial charge >= 0.3 is 11.8 Å². The van der Waals surface area contributed by atoms with E-state index in [4.69, 9.17) is 0 Å². The monoisotopic (exact) mass is 266 g/mol. The zero-order valence-electron chi connectivity index (χ0n) is 10.7. The molecule has 0 bridgehead atoms. The Morgan fingerprint density at radius 2 is 0.950 bits per heavy atom. The normalized spacial score (nSPS) is 22.0. The van der Waals surface area contributed by atoms with Crippen LogP contribution in [-0.4, -0.2) is 11.8 Å². The first-order chi connectivity index (χ1) is 9.75. The summed E-state index contributed by atoms with van der Waals surface area (Å²) in [6, 6.07) is 18.8. The zero-order chi connectivity index (χ0) is 13.9. The number of nitrogens with one attached hydrogen (secondary N) is 2. The molecule has 2 N–H and O–H groups in total. The molecule has 1 aliphatic rings. The molecule has 1 fully saturated rings. The lowest BCUT2D eigenvalue weighted by Crippen LogP contribution is -2.53. The van der Waals surface area contributed by atoms with Gasteiger partial charge in [-0.05, 0) is 11.1 Å². The molecule has 4 heteroatoms. The molecule has 0 aromatic heterocycles. The van der Waals surface area contributed by atoms with Crippen molar-refractivity contribution in [2.75, 3.05) is 0 Å². The molecular weight excluding hydrogens is 252 g/mol. The van der Waals surface area contributed by atoms with E-state index in [-0.39, 0.29) is 12.1 Å². The quantitative estimate of drug-likeness (QED) is 0.813. The van der Waals surface area contributed by atoms with Crippen LogP contribution in [0.3, 0.4) is 0 Å². The van der Waals surface area contributed by atoms with Crippen LogP contribution in [0.25, 0.3) is 0 Å². The molecular formula is C16H14N2O2. The lowest BCUT2D eigenvalue weighted by molar-refractivity contribution is -0.142. The molecule has 100 valence electrons. The predicted octanol–water partition coefficient (Wildman–Crippen LogP) is 1.71. The van der Waals surface area contributed by atoms with Crippen molar-refractivity contribution in [1.29, 1.82) is 0 Å². The second kappa shape index (κ2) is 5.17. The minimum atomic E-state index is -0.592. The van der Waals surface area contributed by atoms with Crippen LogP contribution in [0.4, 0.5) is 0 Å². The number of piperazine rings is 1. The van der Waals surface area contributed by atoms with Crippen molar-refractivity contribution in [2.24, 2.45) is 0 Å². The average Bonchev–Trinajstić information content (AvgIpc) is 2.51. The fraction of sp³-hybridized carbons (Fsp3) is 0.125. The van der Waals surface area contributed by atoms with Crippen LogP contribution in [0.2, 0.25) is 0 Å². The topological polar surface area (TPSA) is 58.2 Å². The number of carbonyl (C=O) groups excluding carboxylic acids is 2. The van der Waals surface area contributed by atoms with E-state index >= 15 is 0 Å². The van der Waals surface area contributed by atoms with Gasteiger partial charge in [-0.25, -0.2) is 0 Å². The smallest absolute Gasteiger partial charge is 0.309 e. The Balaban J connectivity index is 2.00. The number of rotatable bonds is 2. The second-order valence-corrected chi connectivity index (χ2v) is 4.72. The van der Waals surface area contributed by atoms with Crippen LogP contribution in [-0.2, 0) is 9.59 Å². The summed E-state index contributed by atoms with van der Waals surface area (Å²) in [5, 5.41) is 5.56. The standard InChI is InChI=1S/C16H14N2O2/c19-15-16(20)18-14(12-9-5-2-6-10-12)13(17-15)11-7-3-1-4-8-11/h1-10,13-14H,(H,17,19)(H,18,20). The minimum absolute atomic E-state index is 0.260. The molecule has 1 saturated heterocycles. The number of hydrogen-bond acceptors (Lipinski definition) is 2. The van der Waals surface area contributed by atoms with Gasteiger partial charge in [0.05, 0.1) is 12.1 Å². The number of benzene rings is 2. The summed E-state index contributed by atoms with van der Waals surface area (Å²) in [4.78, 5) is 23.3. The van der Waals surface area contributed by atoms with E-state index in [1.807, 2.05) is 60.7 Å². The maximum atomic E-state index is 11.6. The van der Waals surface area contributed by atoms with Crippen LogP contribution in [0, 0.1) is 0 Å². The van der Waals surface area contributed by atoms with Crippen LogP contribution in [0.5, 0.6) is 0 Å². The first-order valence-electron chi connectivity index (χ1n) is 6.47. The van der Waals surface area contributed by atoms with Gasteiger partial charge in [0, 0.05) is 0 Å². The Kier molecular flexibility index (Phi) is 3.21. The van der Waals surface area contributed by atoms with Gasteiger partial charge in [0.2, 0.25) is 0 Å². The van der Waals surface area contributed by atoms with Crippen molar-refractivity contribution < 1.29 is 9.59 Å². The van der Waals surface area contributed by atoms with Gasteiger partial charge in [-0.3, -0.25) is 9.59 Å². The molecule has 0 aliphatic carbocycles. The van der Waals surface area contributed by atoms with Crippen molar-refractivity contribution in [3.05, 3.63) is 71.8 Å². The van der Waals surface area contributed by atoms with Crippen molar-refractivity contribution in [1.82, 2.24) is 10.6 Å². The second-order valence-electron chi connectivity index (χ2n) is 4.72. The highest BCUT2D eigenvalue weighted by Crippen LogP contribution is 2.30. The maximum absolute atomic E-state index is 11.6. The third-order valence-electron chi connectivity index (χ3n) is 3.43. The Bertz CT molecular complexity index is 568. The van der Waals surface area contributed by atoms with Gasteiger partial charge in [-0.15, -0.1) is 0 Å². The molecule has 2 atom stereocenters. The Morgan fingerprint density at radius 3 is 1.30 bits per heavy atom. The van der Waals surface area contributed by atoms with Gasteiger partial charge in [-0.2, -0.15) is 0 Å². The highest BCUT2D eigenvalue weighted by molar-refractivity contribution is 6.35. The van der Waals surface area contributed by atoms with Gasteiger partial charge in [0.1, 0.15) is 0 Å². The molecule has 0 radical (unpaired) electrons. The minimum Gasteiger partial charge on any atom is -0.339 e. The largest absolute Gasteiger partial charge is 0.339 e. The molecule has 4 nitrogen and oxygen atoms in total. The summed E-state index contributed by atoms with van der Waals surface area (Å²) in [7, 11) is 0. The van der Waals surface area contributed by atoms with E-state index in [0.29, 0.717) is 0 Å². The predicted molar refractivity (Wildman–Crippen MR) is 74.7 cm³/mol. The van der Waals surface area contributed by atoms with Crippen molar-refractivity contribution >= 4 is 11.8 Å². The molecule has 3 rings (SSSR count).